The number of carbonyl (C=O) groups is 1. The number of aromatic nitrogens is 1. The average Bonchev–Trinajstić information content (AvgIpc) is 2.58. The minimum absolute atomic E-state index is 0.0429. The molecule has 0 aliphatic carbocycles. The number of ether oxygens (including phenoxy) is 1. The van der Waals surface area contributed by atoms with Crippen molar-refractivity contribution in [2.45, 2.75) is 38.6 Å². The van der Waals surface area contributed by atoms with Gasteiger partial charge in [-0.3, -0.25) is 4.79 Å². The maximum atomic E-state index is 12.0. The summed E-state index contributed by atoms with van der Waals surface area (Å²) in [6, 6.07) is -0.969. The zero-order valence-corrected chi connectivity index (χ0v) is 11.5. The maximum absolute atomic E-state index is 12.0. The number of nitrogens with zero attached hydrogens (tertiary/aromatic N) is 1. The van der Waals surface area contributed by atoms with E-state index in [4.69, 9.17) is 9.26 Å². The first-order chi connectivity index (χ1) is 8.29. The Kier molecular flexibility index (Phi) is 4.47. The van der Waals surface area contributed by atoms with Crippen molar-refractivity contribution >= 4 is 16.0 Å². The second-order valence-corrected chi connectivity index (χ2v) is 5.40. The lowest BCUT2D eigenvalue weighted by atomic mass is 10.4. The molecule has 1 rings (SSSR count). The van der Waals surface area contributed by atoms with Gasteiger partial charge in [0.2, 0.25) is 10.0 Å². The van der Waals surface area contributed by atoms with E-state index in [0.717, 1.165) is 0 Å². The van der Waals surface area contributed by atoms with Gasteiger partial charge in [0.1, 0.15) is 16.6 Å². The van der Waals surface area contributed by atoms with Crippen molar-refractivity contribution in [1.29, 1.82) is 0 Å². The van der Waals surface area contributed by atoms with E-state index in [2.05, 4.69) is 9.88 Å². The van der Waals surface area contributed by atoms with Crippen molar-refractivity contribution in [3.8, 4) is 0 Å². The molecule has 102 valence electrons. The van der Waals surface area contributed by atoms with E-state index in [-0.39, 0.29) is 23.0 Å². The summed E-state index contributed by atoms with van der Waals surface area (Å²) in [6.45, 7) is 6.25. The number of rotatable bonds is 5. The molecule has 0 radical (unpaired) electrons. The highest BCUT2D eigenvalue weighted by Crippen LogP contribution is 2.18. The van der Waals surface area contributed by atoms with Crippen LogP contribution in [0, 0.1) is 13.8 Å². The lowest BCUT2D eigenvalue weighted by molar-refractivity contribution is -0.144. The molecule has 0 amide bonds. The van der Waals surface area contributed by atoms with Gasteiger partial charge in [-0.25, -0.2) is 8.42 Å². The first-order valence-corrected chi connectivity index (χ1v) is 6.89. The van der Waals surface area contributed by atoms with Crippen molar-refractivity contribution in [2.24, 2.45) is 0 Å². The third-order valence-electron chi connectivity index (χ3n) is 2.21. The zero-order chi connectivity index (χ0) is 13.9. The molecule has 0 saturated heterocycles. The predicted molar refractivity (Wildman–Crippen MR) is 62.4 cm³/mol. The minimum atomic E-state index is -3.85. The summed E-state index contributed by atoms with van der Waals surface area (Å²) in [5, 5.41) is 3.56. The van der Waals surface area contributed by atoms with E-state index >= 15 is 0 Å². The number of esters is 1. The van der Waals surface area contributed by atoms with Gasteiger partial charge in [0.15, 0.2) is 5.76 Å². The van der Waals surface area contributed by atoms with E-state index < -0.39 is 22.0 Å². The molecule has 18 heavy (non-hydrogen) atoms. The van der Waals surface area contributed by atoms with Gasteiger partial charge in [-0.2, -0.15) is 4.72 Å². The van der Waals surface area contributed by atoms with Crippen LogP contribution in [-0.2, 0) is 19.6 Å². The SMILES string of the molecule is CCOC(=O)C(C)NS(=O)(=O)c1c(C)noc1C. The van der Waals surface area contributed by atoms with Crippen LogP contribution in [-0.4, -0.2) is 32.2 Å². The molecule has 8 heteroatoms. The summed E-state index contributed by atoms with van der Waals surface area (Å²) < 4.78 is 35.8. The number of sulfonamides is 1. The van der Waals surface area contributed by atoms with Crippen LogP contribution in [0.2, 0.25) is 0 Å². The van der Waals surface area contributed by atoms with Gasteiger partial charge in [0.05, 0.1) is 6.61 Å². The quantitative estimate of drug-likeness (QED) is 0.787. The Morgan fingerprint density at radius 3 is 2.56 bits per heavy atom. The summed E-state index contributed by atoms with van der Waals surface area (Å²) in [5.41, 5.74) is 0.246. The molecule has 1 unspecified atom stereocenters. The summed E-state index contributed by atoms with van der Waals surface area (Å²) in [5.74, 6) is -0.455. The van der Waals surface area contributed by atoms with Gasteiger partial charge in [-0.15, -0.1) is 0 Å². The summed E-state index contributed by atoms with van der Waals surface area (Å²) >= 11 is 0. The Morgan fingerprint density at radius 1 is 1.50 bits per heavy atom. The van der Waals surface area contributed by atoms with Crippen LogP contribution >= 0.6 is 0 Å². The highest BCUT2D eigenvalue weighted by Gasteiger charge is 2.28. The summed E-state index contributed by atoms with van der Waals surface area (Å²) in [7, 11) is -3.85. The monoisotopic (exact) mass is 276 g/mol. The summed E-state index contributed by atoms with van der Waals surface area (Å²) in [6.07, 6.45) is 0. The summed E-state index contributed by atoms with van der Waals surface area (Å²) in [4.78, 5) is 11.3. The van der Waals surface area contributed by atoms with Crippen LogP contribution in [0.25, 0.3) is 0 Å². The van der Waals surface area contributed by atoms with Crippen LogP contribution in [0.5, 0.6) is 0 Å². The normalized spacial score (nSPS) is 13.3. The molecule has 0 spiro atoms. The van der Waals surface area contributed by atoms with Gasteiger partial charge < -0.3 is 9.26 Å². The van der Waals surface area contributed by atoms with Crippen molar-refractivity contribution in [3.05, 3.63) is 11.5 Å². The molecule has 1 aromatic rings. The van der Waals surface area contributed by atoms with Crippen LogP contribution in [0.15, 0.2) is 9.42 Å². The molecule has 1 aromatic heterocycles. The van der Waals surface area contributed by atoms with E-state index in [9.17, 15) is 13.2 Å². The van der Waals surface area contributed by atoms with Gasteiger partial charge >= 0.3 is 5.97 Å². The van der Waals surface area contributed by atoms with Gasteiger partial charge in [-0.1, -0.05) is 5.16 Å². The number of nitrogens with one attached hydrogen (secondary N) is 1. The molecule has 0 fully saturated rings. The predicted octanol–water partition coefficient (Wildman–Crippen LogP) is 0.521. The van der Waals surface area contributed by atoms with Crippen molar-refractivity contribution in [1.82, 2.24) is 9.88 Å². The first kappa shape index (κ1) is 14.7. The molecule has 0 bridgehead atoms. The number of hydrogen-bond acceptors (Lipinski definition) is 6. The Hall–Kier alpha value is -1.41. The van der Waals surface area contributed by atoms with Crippen LogP contribution in [0.1, 0.15) is 25.3 Å². The molecule has 0 aromatic carbocycles. The van der Waals surface area contributed by atoms with Gasteiger partial charge in [0.25, 0.3) is 0 Å². The lowest BCUT2D eigenvalue weighted by Gasteiger charge is -2.12. The average molecular weight is 276 g/mol. The molecule has 7 nitrogen and oxygen atoms in total. The van der Waals surface area contributed by atoms with Gasteiger partial charge in [-0.05, 0) is 27.7 Å². The Balaban J connectivity index is 2.93. The largest absolute Gasteiger partial charge is 0.465 e. The van der Waals surface area contributed by atoms with Crippen LogP contribution in [0.4, 0.5) is 0 Å². The highest BCUT2D eigenvalue weighted by molar-refractivity contribution is 7.89. The fourth-order valence-electron chi connectivity index (χ4n) is 1.47. The maximum Gasteiger partial charge on any atom is 0.323 e. The molecule has 1 N–H and O–H groups in total. The van der Waals surface area contributed by atoms with Crippen molar-refractivity contribution in [3.63, 3.8) is 0 Å². The lowest BCUT2D eigenvalue weighted by Crippen LogP contribution is -2.39. The second kappa shape index (κ2) is 5.49. The van der Waals surface area contributed by atoms with Crippen molar-refractivity contribution in [2.75, 3.05) is 6.61 Å². The van der Waals surface area contributed by atoms with Crippen molar-refractivity contribution < 1.29 is 22.5 Å². The second-order valence-electron chi connectivity index (χ2n) is 3.75. The molecular weight excluding hydrogens is 260 g/mol. The molecule has 1 atom stereocenters. The fourth-order valence-corrected chi connectivity index (χ4v) is 2.99. The van der Waals surface area contributed by atoms with E-state index in [1.165, 1.54) is 20.8 Å². The first-order valence-electron chi connectivity index (χ1n) is 5.41. The highest BCUT2D eigenvalue weighted by atomic mass is 32.2. The molecule has 0 saturated carbocycles. The van der Waals surface area contributed by atoms with E-state index in [1.54, 1.807) is 6.92 Å². The standard InChI is InChI=1S/C10H16N2O5S/c1-5-16-10(13)7(3)12-18(14,15)9-6(2)11-17-8(9)4/h7,12H,5H2,1-4H3. The number of aryl methyl sites for hydroxylation is 2. The topological polar surface area (TPSA) is 98.5 Å². The van der Waals surface area contributed by atoms with Crippen LogP contribution in [0.3, 0.4) is 0 Å². The third kappa shape index (κ3) is 3.08. The van der Waals surface area contributed by atoms with Gasteiger partial charge in [0, 0.05) is 0 Å². The number of hydrogen-bond donors (Lipinski definition) is 1. The Bertz CT molecular complexity index is 515. The molecule has 0 aliphatic heterocycles. The van der Waals surface area contributed by atoms with E-state index in [0.29, 0.717) is 0 Å². The Morgan fingerprint density at radius 2 is 2.11 bits per heavy atom. The molecular formula is C10H16N2O5S. The zero-order valence-electron chi connectivity index (χ0n) is 10.7. The van der Waals surface area contributed by atoms with E-state index in [1.807, 2.05) is 0 Å². The smallest absolute Gasteiger partial charge is 0.323 e. The number of carbonyl (C=O) groups excluding carboxylic acids is 1. The minimum Gasteiger partial charge on any atom is -0.465 e. The van der Waals surface area contributed by atoms with Crippen LogP contribution < -0.4 is 4.72 Å². The molecule has 0 aliphatic rings. The molecule has 1 heterocycles. The fraction of sp³-hybridized carbons (Fsp3) is 0.600. The Labute approximate surface area is 106 Å². The third-order valence-corrected chi connectivity index (χ3v) is 3.99.